The van der Waals surface area contributed by atoms with Gasteiger partial charge in [-0.15, -0.1) is 11.3 Å². The van der Waals surface area contributed by atoms with Gasteiger partial charge < -0.3 is 15.3 Å². The number of aliphatic hydroxyl groups excluding tert-OH is 2. The molecule has 1 aliphatic heterocycles. The van der Waals surface area contributed by atoms with Crippen molar-refractivity contribution in [1.82, 2.24) is 9.88 Å². The highest BCUT2D eigenvalue weighted by Gasteiger charge is 2.55. The number of aromatic nitrogens is 1. The fourth-order valence-electron chi connectivity index (χ4n) is 6.33. The predicted octanol–water partition coefficient (Wildman–Crippen LogP) is 6.06. The fourth-order valence-corrected chi connectivity index (χ4v) is 7.40. The van der Waals surface area contributed by atoms with Crippen LogP contribution >= 0.6 is 27.3 Å². The third-order valence-corrected chi connectivity index (χ3v) is 9.71. The number of allylic oxidation sites excluding steroid dienone is 2. The highest BCUT2D eigenvalue weighted by molar-refractivity contribution is 9.10. The smallest absolute Gasteiger partial charge is 0.234 e. The summed E-state index contributed by atoms with van der Waals surface area (Å²) in [4.78, 5) is 33.9. The molecule has 3 aromatic rings. The molecule has 2 aliphatic rings. The Morgan fingerprint density at radius 1 is 1.17 bits per heavy atom. The van der Waals surface area contributed by atoms with E-state index < -0.39 is 23.9 Å². The van der Waals surface area contributed by atoms with Crippen molar-refractivity contribution >= 4 is 50.7 Å². The number of pyridine rings is 1. The third kappa shape index (κ3) is 6.15. The Morgan fingerprint density at radius 2 is 1.98 bits per heavy atom. The van der Waals surface area contributed by atoms with Crippen LogP contribution in [-0.2, 0) is 16.1 Å². The van der Waals surface area contributed by atoms with Gasteiger partial charge in [-0.05, 0) is 84.2 Å². The summed E-state index contributed by atoms with van der Waals surface area (Å²) < 4.78 is 0.824. The average molecular weight is 652 g/mol. The van der Waals surface area contributed by atoms with Gasteiger partial charge in [0, 0.05) is 27.0 Å². The van der Waals surface area contributed by atoms with Gasteiger partial charge in [-0.3, -0.25) is 19.5 Å². The van der Waals surface area contributed by atoms with Crippen LogP contribution in [0.1, 0.15) is 49.2 Å². The van der Waals surface area contributed by atoms with E-state index in [1.165, 1.54) is 16.2 Å². The molecule has 0 radical (unpaired) electrons. The van der Waals surface area contributed by atoms with E-state index in [9.17, 15) is 24.9 Å². The number of likely N-dealkylation sites (tertiary alicyclic amines) is 1. The molecule has 1 aromatic carbocycles. The van der Waals surface area contributed by atoms with E-state index in [2.05, 4.69) is 20.9 Å². The second-order valence-corrected chi connectivity index (χ2v) is 13.2. The number of carbonyl (C=O) groups excluding carboxylic acids is 2. The molecular formula is C33H35BrN2O5S. The Hall–Kier alpha value is -3.11. The minimum Gasteiger partial charge on any atom is -0.507 e. The molecular weight excluding hydrogens is 616 g/mol. The normalized spacial score (nSPS) is 21.8. The first-order valence-electron chi connectivity index (χ1n) is 14.2. The number of phenolic OH excluding ortho intramolecular Hbond substituents is 1. The Morgan fingerprint density at radius 3 is 2.64 bits per heavy atom. The number of carbonyl (C=O) groups is 2. The summed E-state index contributed by atoms with van der Waals surface area (Å²) in [5.74, 6) is -2.18. The molecule has 1 fully saturated rings. The molecule has 3 N–H and O–H groups in total. The summed E-state index contributed by atoms with van der Waals surface area (Å²) in [6.07, 6.45) is 3.78. The van der Waals surface area contributed by atoms with E-state index in [-0.39, 0.29) is 36.6 Å². The zero-order valence-electron chi connectivity index (χ0n) is 23.6. The number of hydrogen-bond donors (Lipinski definition) is 3. The Labute approximate surface area is 258 Å². The number of imide groups is 1. The number of halogens is 1. The predicted molar refractivity (Wildman–Crippen MR) is 167 cm³/mol. The lowest BCUT2D eigenvalue weighted by Gasteiger charge is -2.38. The number of phenols is 1. The number of fused-ring (bicyclic) bond motifs is 1. The second-order valence-electron chi connectivity index (χ2n) is 11.2. The number of aliphatic hydroxyl groups is 2. The minimum absolute atomic E-state index is 0.0308. The Kier molecular flexibility index (Phi) is 9.42. The first-order chi connectivity index (χ1) is 20.2. The van der Waals surface area contributed by atoms with Crippen molar-refractivity contribution in [3.05, 3.63) is 91.9 Å². The maximum absolute atomic E-state index is 13.7. The van der Waals surface area contributed by atoms with Crippen molar-refractivity contribution in [3.63, 3.8) is 0 Å². The van der Waals surface area contributed by atoms with Crippen LogP contribution in [0.4, 0.5) is 0 Å². The lowest BCUT2D eigenvalue weighted by Crippen LogP contribution is -2.39. The molecule has 3 heterocycles. The second kappa shape index (κ2) is 13.0. The first kappa shape index (κ1) is 30.4. The van der Waals surface area contributed by atoms with Gasteiger partial charge in [0.05, 0.1) is 36.8 Å². The van der Waals surface area contributed by atoms with Gasteiger partial charge in [0.15, 0.2) is 0 Å². The number of amides is 2. The summed E-state index contributed by atoms with van der Waals surface area (Å²) in [6, 6.07) is 14.6. The van der Waals surface area contributed by atoms with Gasteiger partial charge in [-0.2, -0.15) is 0 Å². The number of aromatic hydroxyl groups is 1. The third-order valence-electron chi connectivity index (χ3n) is 8.36. The van der Waals surface area contributed by atoms with Crippen LogP contribution in [0.15, 0.2) is 75.7 Å². The van der Waals surface area contributed by atoms with E-state index in [1.807, 2.05) is 61.7 Å². The summed E-state index contributed by atoms with van der Waals surface area (Å²) in [5, 5.41) is 34.7. The van der Waals surface area contributed by atoms with Crippen molar-refractivity contribution in [1.29, 1.82) is 0 Å². The van der Waals surface area contributed by atoms with Crippen molar-refractivity contribution in [2.24, 2.45) is 23.7 Å². The SMILES string of the molecule is CC(C)C1=C([C@H](O)CC/C(=C/c2cc(Br)ccc2O)c2ccccn2)[C@H](CO)[C@@H]2C(=O)N(Cc3cccs3)C(=O)[C@@H]2C1. The number of rotatable bonds is 10. The molecule has 2 amide bonds. The number of thiophene rings is 1. The van der Waals surface area contributed by atoms with Crippen molar-refractivity contribution < 1.29 is 24.9 Å². The zero-order valence-corrected chi connectivity index (χ0v) is 26.0. The monoisotopic (exact) mass is 650 g/mol. The number of nitrogens with zero attached hydrogens (tertiary/aromatic N) is 2. The largest absolute Gasteiger partial charge is 0.507 e. The highest BCUT2D eigenvalue weighted by Crippen LogP contribution is 2.48. The van der Waals surface area contributed by atoms with Crippen molar-refractivity contribution in [2.75, 3.05) is 6.61 Å². The quantitative estimate of drug-likeness (QED) is 0.182. The average Bonchev–Trinajstić information content (AvgIpc) is 3.59. The summed E-state index contributed by atoms with van der Waals surface area (Å²) in [5.41, 5.74) is 3.80. The molecule has 4 atom stereocenters. The standard InChI is InChI=1S/C33H35BrN2O5S/c1-19(2)24-16-25-31(33(41)36(32(25)40)17-23-6-5-13-42-23)26(18-37)30(24)29(39)10-8-20(27-7-3-4-12-35-27)14-21-15-22(34)9-11-28(21)38/h3-7,9,11-15,19,25-26,29,31,37-39H,8,10,16-18H2,1-2H3/b20-14-/t25-,26+,29-,31-/m1/s1. The van der Waals surface area contributed by atoms with Gasteiger partial charge in [0.1, 0.15) is 5.75 Å². The van der Waals surface area contributed by atoms with E-state index >= 15 is 0 Å². The van der Waals surface area contributed by atoms with Crippen molar-refractivity contribution in [3.8, 4) is 5.75 Å². The first-order valence-corrected chi connectivity index (χ1v) is 15.9. The highest BCUT2D eigenvalue weighted by atomic mass is 79.9. The van der Waals surface area contributed by atoms with E-state index in [4.69, 9.17) is 0 Å². The molecule has 1 saturated heterocycles. The summed E-state index contributed by atoms with van der Waals surface area (Å²) in [6.45, 7) is 3.95. The molecule has 42 heavy (non-hydrogen) atoms. The number of benzene rings is 1. The van der Waals surface area contributed by atoms with E-state index in [0.717, 1.165) is 26.2 Å². The lowest BCUT2D eigenvalue weighted by atomic mass is 9.66. The molecule has 0 unspecified atom stereocenters. The maximum atomic E-state index is 13.7. The molecule has 0 saturated carbocycles. The van der Waals surface area contributed by atoms with Crippen LogP contribution in [0.2, 0.25) is 0 Å². The molecule has 9 heteroatoms. The molecule has 220 valence electrons. The molecule has 2 aromatic heterocycles. The maximum Gasteiger partial charge on any atom is 0.234 e. The van der Waals surface area contributed by atoms with Crippen molar-refractivity contribution in [2.45, 2.75) is 45.8 Å². The summed E-state index contributed by atoms with van der Waals surface area (Å²) in [7, 11) is 0. The Bertz CT molecular complexity index is 1500. The molecule has 5 rings (SSSR count). The van der Waals surface area contributed by atoms with E-state index in [0.29, 0.717) is 30.4 Å². The van der Waals surface area contributed by atoms with E-state index in [1.54, 1.807) is 18.3 Å². The van der Waals surface area contributed by atoms with Crippen LogP contribution in [0, 0.1) is 23.7 Å². The summed E-state index contributed by atoms with van der Waals surface area (Å²) >= 11 is 4.96. The van der Waals surface area contributed by atoms with Gasteiger partial charge >= 0.3 is 0 Å². The van der Waals surface area contributed by atoms with Gasteiger partial charge in [-0.1, -0.05) is 47.5 Å². The molecule has 0 spiro atoms. The molecule has 7 nitrogen and oxygen atoms in total. The van der Waals surface area contributed by atoms with Crippen LogP contribution in [0.25, 0.3) is 11.6 Å². The topological polar surface area (TPSA) is 111 Å². The zero-order chi connectivity index (χ0) is 30.0. The number of hydrogen-bond acceptors (Lipinski definition) is 7. The molecule has 0 bridgehead atoms. The van der Waals surface area contributed by atoms with Crippen LogP contribution < -0.4 is 0 Å². The Balaban J connectivity index is 1.44. The van der Waals surface area contributed by atoms with Gasteiger partial charge in [-0.25, -0.2) is 0 Å². The van der Waals surface area contributed by atoms with Gasteiger partial charge in [0.2, 0.25) is 11.8 Å². The van der Waals surface area contributed by atoms with Crippen LogP contribution in [0.3, 0.4) is 0 Å². The van der Waals surface area contributed by atoms with Crippen LogP contribution in [0.5, 0.6) is 5.75 Å². The fraction of sp³-hybridized carbons (Fsp3) is 0.364. The molecule has 1 aliphatic carbocycles. The lowest BCUT2D eigenvalue weighted by molar-refractivity contribution is -0.140. The van der Waals surface area contributed by atoms with Gasteiger partial charge in [0.25, 0.3) is 0 Å². The van der Waals surface area contributed by atoms with Crippen LogP contribution in [-0.4, -0.2) is 49.7 Å². The minimum atomic E-state index is -0.932.